The molecule has 0 saturated heterocycles. The van der Waals surface area contributed by atoms with Crippen molar-refractivity contribution in [2.24, 2.45) is 0 Å². The fraction of sp³-hybridized carbons (Fsp3) is 0.444. The molecule has 1 fully saturated rings. The van der Waals surface area contributed by atoms with Crippen LogP contribution in [0, 0.1) is 0 Å². The van der Waals surface area contributed by atoms with Crippen LogP contribution in [0.5, 0.6) is 0 Å². The van der Waals surface area contributed by atoms with Crippen LogP contribution in [0.3, 0.4) is 0 Å². The van der Waals surface area contributed by atoms with Gasteiger partial charge in [0.25, 0.3) is 5.56 Å². The van der Waals surface area contributed by atoms with Crippen LogP contribution in [0.25, 0.3) is 0 Å². The van der Waals surface area contributed by atoms with Gasteiger partial charge in [0.1, 0.15) is 5.82 Å². The Kier molecular flexibility index (Phi) is 4.65. The molecule has 132 valence electrons. The highest BCUT2D eigenvalue weighted by Crippen LogP contribution is 2.41. The van der Waals surface area contributed by atoms with E-state index in [2.05, 4.69) is 10.4 Å². The number of rotatable bonds is 2. The average Bonchev–Trinajstić information content (AvgIpc) is 2.83. The number of carbonyl (C=O) groups excluding carboxylic acids is 1. The number of amides is 1. The predicted octanol–water partition coefficient (Wildman–Crippen LogP) is 4.11. The Hall–Kier alpha value is -1.66. The van der Waals surface area contributed by atoms with Gasteiger partial charge in [0.2, 0.25) is 5.91 Å². The maximum absolute atomic E-state index is 12.8. The van der Waals surface area contributed by atoms with E-state index in [1.54, 1.807) is 0 Å². The molecule has 1 aliphatic carbocycles. The number of halogens is 1. The molecule has 1 aliphatic heterocycles. The van der Waals surface area contributed by atoms with E-state index in [0.717, 1.165) is 31.2 Å². The summed E-state index contributed by atoms with van der Waals surface area (Å²) in [5.41, 5.74) is 1.51. The van der Waals surface area contributed by atoms with Gasteiger partial charge in [-0.1, -0.05) is 43.0 Å². The van der Waals surface area contributed by atoms with Crippen LogP contribution >= 0.6 is 23.4 Å². The Morgan fingerprint density at radius 1 is 1.08 bits per heavy atom. The lowest BCUT2D eigenvalue weighted by Gasteiger charge is -2.24. The van der Waals surface area contributed by atoms with Gasteiger partial charge in [0.15, 0.2) is 0 Å². The molecule has 2 aliphatic rings. The van der Waals surface area contributed by atoms with E-state index in [-0.39, 0.29) is 22.8 Å². The average molecular weight is 378 g/mol. The minimum absolute atomic E-state index is 0.0636. The number of anilines is 1. The van der Waals surface area contributed by atoms with E-state index in [4.69, 9.17) is 11.6 Å². The molecule has 0 radical (unpaired) electrons. The summed E-state index contributed by atoms with van der Waals surface area (Å²) in [6.45, 7) is 0. The standard InChI is InChI=1S/C18H20ClN3O2S/c19-12-8-6-11(7-9-12)16-15-17(20-14(23)10-25-16)22(21-18(15)24)13-4-2-1-3-5-13/h6-9,13,16H,1-5,10H2,(H,20,23)(H,21,24). The molecule has 4 rings (SSSR count). The van der Waals surface area contributed by atoms with E-state index in [0.29, 0.717) is 22.2 Å². The Morgan fingerprint density at radius 3 is 2.52 bits per heavy atom. The topological polar surface area (TPSA) is 66.9 Å². The van der Waals surface area contributed by atoms with Crippen molar-refractivity contribution < 1.29 is 4.79 Å². The zero-order chi connectivity index (χ0) is 17.4. The molecule has 7 heteroatoms. The van der Waals surface area contributed by atoms with Gasteiger partial charge in [-0.2, -0.15) is 0 Å². The maximum atomic E-state index is 12.8. The quantitative estimate of drug-likeness (QED) is 0.827. The normalized spacial score (nSPS) is 21.5. The molecule has 5 nitrogen and oxygen atoms in total. The first kappa shape index (κ1) is 16.8. The minimum Gasteiger partial charge on any atom is -0.310 e. The minimum atomic E-state index is -0.181. The van der Waals surface area contributed by atoms with Gasteiger partial charge in [-0.25, -0.2) is 0 Å². The van der Waals surface area contributed by atoms with Crippen LogP contribution in [-0.4, -0.2) is 21.4 Å². The predicted molar refractivity (Wildman–Crippen MR) is 102 cm³/mol. The van der Waals surface area contributed by atoms with Crippen molar-refractivity contribution in [2.45, 2.75) is 43.4 Å². The summed E-state index contributed by atoms with van der Waals surface area (Å²) in [5.74, 6) is 0.907. The third-order valence-corrected chi connectivity index (χ3v) is 6.50. The summed E-state index contributed by atoms with van der Waals surface area (Å²) in [4.78, 5) is 25.0. The summed E-state index contributed by atoms with van der Waals surface area (Å²) in [7, 11) is 0. The van der Waals surface area contributed by atoms with Gasteiger partial charge in [0, 0.05) is 5.02 Å². The van der Waals surface area contributed by atoms with Crippen molar-refractivity contribution in [1.82, 2.24) is 9.78 Å². The van der Waals surface area contributed by atoms with Crippen molar-refractivity contribution in [3.8, 4) is 0 Å². The van der Waals surface area contributed by atoms with Crippen LogP contribution in [0.15, 0.2) is 29.1 Å². The van der Waals surface area contributed by atoms with Crippen molar-refractivity contribution >= 4 is 35.1 Å². The number of thioether (sulfide) groups is 1. The number of aromatic nitrogens is 2. The molecule has 2 aromatic rings. The summed E-state index contributed by atoms with van der Waals surface area (Å²) >= 11 is 7.48. The molecule has 2 heterocycles. The molecule has 0 bridgehead atoms. The number of nitrogens with zero attached hydrogens (tertiary/aromatic N) is 1. The molecule has 1 aromatic heterocycles. The Morgan fingerprint density at radius 2 is 1.80 bits per heavy atom. The monoisotopic (exact) mass is 377 g/mol. The van der Waals surface area contributed by atoms with E-state index >= 15 is 0 Å². The number of hydrogen-bond acceptors (Lipinski definition) is 3. The van der Waals surface area contributed by atoms with Crippen molar-refractivity contribution in [1.29, 1.82) is 0 Å². The smallest absolute Gasteiger partial charge is 0.270 e. The Labute approximate surface area is 155 Å². The summed E-state index contributed by atoms with van der Waals surface area (Å²) in [6, 6.07) is 7.75. The van der Waals surface area contributed by atoms with Crippen LogP contribution in [0.1, 0.15) is 54.5 Å². The molecule has 0 spiro atoms. The maximum Gasteiger partial charge on any atom is 0.270 e. The van der Waals surface area contributed by atoms with Crippen molar-refractivity contribution in [3.05, 3.63) is 50.8 Å². The lowest BCUT2D eigenvalue weighted by molar-refractivity contribution is -0.113. The number of carbonyl (C=O) groups is 1. The second-order valence-corrected chi connectivity index (χ2v) is 8.19. The van der Waals surface area contributed by atoms with E-state index in [1.807, 2.05) is 28.9 Å². The first-order chi connectivity index (χ1) is 12.1. The van der Waals surface area contributed by atoms with Crippen LogP contribution in [0.4, 0.5) is 5.82 Å². The van der Waals surface area contributed by atoms with Crippen LogP contribution in [-0.2, 0) is 4.79 Å². The summed E-state index contributed by atoms with van der Waals surface area (Å²) in [5, 5.41) is 6.43. The van der Waals surface area contributed by atoms with Gasteiger partial charge in [-0.15, -0.1) is 11.8 Å². The molecule has 1 saturated carbocycles. The molecule has 2 N–H and O–H groups in total. The van der Waals surface area contributed by atoms with Gasteiger partial charge < -0.3 is 5.32 Å². The molecular weight excluding hydrogens is 358 g/mol. The van der Waals surface area contributed by atoms with E-state index < -0.39 is 0 Å². The number of hydrogen-bond donors (Lipinski definition) is 2. The fourth-order valence-electron chi connectivity index (χ4n) is 3.76. The van der Waals surface area contributed by atoms with Crippen molar-refractivity contribution in [2.75, 3.05) is 11.1 Å². The van der Waals surface area contributed by atoms with E-state index in [1.165, 1.54) is 18.2 Å². The second-order valence-electron chi connectivity index (χ2n) is 6.66. The lowest BCUT2D eigenvalue weighted by Crippen LogP contribution is -2.21. The molecule has 25 heavy (non-hydrogen) atoms. The zero-order valence-corrected chi connectivity index (χ0v) is 15.3. The van der Waals surface area contributed by atoms with Gasteiger partial charge in [-0.05, 0) is 30.5 Å². The summed E-state index contributed by atoms with van der Waals surface area (Å²) in [6.07, 6.45) is 5.61. The van der Waals surface area contributed by atoms with Gasteiger partial charge in [0.05, 0.1) is 22.6 Å². The van der Waals surface area contributed by atoms with Crippen LogP contribution < -0.4 is 10.9 Å². The molecule has 1 unspecified atom stereocenters. The number of aromatic amines is 1. The molecule has 1 atom stereocenters. The molecule has 1 aromatic carbocycles. The highest BCUT2D eigenvalue weighted by molar-refractivity contribution is 8.00. The number of H-pyrrole nitrogens is 1. The van der Waals surface area contributed by atoms with E-state index in [9.17, 15) is 9.59 Å². The Balaban J connectivity index is 1.81. The lowest BCUT2D eigenvalue weighted by atomic mass is 9.95. The zero-order valence-electron chi connectivity index (χ0n) is 13.8. The number of fused-ring (bicyclic) bond motifs is 1. The number of benzene rings is 1. The SMILES string of the molecule is O=C1CSC(c2ccc(Cl)cc2)c2c(n(C3CCCCC3)[nH]c2=O)N1. The molecule has 1 amide bonds. The van der Waals surface area contributed by atoms with Crippen molar-refractivity contribution in [3.63, 3.8) is 0 Å². The first-order valence-electron chi connectivity index (χ1n) is 8.65. The second kappa shape index (κ2) is 6.92. The highest BCUT2D eigenvalue weighted by atomic mass is 35.5. The fourth-order valence-corrected chi connectivity index (χ4v) is 5.01. The van der Waals surface area contributed by atoms with Crippen LogP contribution in [0.2, 0.25) is 5.02 Å². The first-order valence-corrected chi connectivity index (χ1v) is 10.1. The Bertz CT molecular complexity index is 837. The largest absolute Gasteiger partial charge is 0.310 e. The molecular formula is C18H20ClN3O2S. The highest BCUT2D eigenvalue weighted by Gasteiger charge is 2.32. The van der Waals surface area contributed by atoms with Gasteiger partial charge in [-0.3, -0.25) is 19.4 Å². The van der Waals surface area contributed by atoms with Gasteiger partial charge >= 0.3 is 0 Å². The third-order valence-electron chi connectivity index (χ3n) is 4.98. The number of nitrogens with one attached hydrogen (secondary N) is 2. The third kappa shape index (κ3) is 3.25. The summed E-state index contributed by atoms with van der Waals surface area (Å²) < 4.78 is 1.91.